The smallest absolute Gasteiger partial charge is 0.228 e. The maximum atomic E-state index is 12.3. The van der Waals surface area contributed by atoms with E-state index in [2.05, 4.69) is 38.2 Å². The number of nitrogens with one attached hydrogen (secondary N) is 1. The molecule has 1 unspecified atom stereocenters. The lowest BCUT2D eigenvalue weighted by molar-refractivity contribution is -0.118. The Kier molecular flexibility index (Phi) is 4.25. The first-order valence-electron chi connectivity index (χ1n) is 7.07. The third-order valence-electron chi connectivity index (χ3n) is 4.35. The summed E-state index contributed by atoms with van der Waals surface area (Å²) in [4.78, 5) is 14.1. The Morgan fingerprint density at radius 1 is 1.32 bits per heavy atom. The summed E-state index contributed by atoms with van der Waals surface area (Å²) in [7, 11) is 1.88. The Hall–Kier alpha value is -1.35. The van der Waals surface area contributed by atoms with Crippen LogP contribution in [0.3, 0.4) is 0 Å². The Labute approximate surface area is 116 Å². The molecule has 0 bridgehead atoms. The first-order valence-corrected chi connectivity index (χ1v) is 7.07. The highest BCUT2D eigenvalue weighted by molar-refractivity contribution is 5.94. The van der Waals surface area contributed by atoms with Crippen molar-refractivity contribution in [2.45, 2.75) is 46.1 Å². The number of rotatable bonds is 3. The molecule has 3 nitrogen and oxygen atoms in total. The zero-order valence-electron chi connectivity index (χ0n) is 12.4. The molecule has 0 saturated carbocycles. The van der Waals surface area contributed by atoms with Gasteiger partial charge in [-0.3, -0.25) is 4.79 Å². The fourth-order valence-corrected chi connectivity index (χ4v) is 2.72. The standard InChI is InChI=1S/C16H24N2O/c1-11-7-8-15(13(3)12(11)2)18(4)16(19)10-14-6-5-9-17-14/h7-8,14,17H,5-6,9-10H2,1-4H3. The van der Waals surface area contributed by atoms with Crippen LogP contribution < -0.4 is 10.2 Å². The Bertz CT molecular complexity index is 476. The van der Waals surface area contributed by atoms with Crippen molar-refractivity contribution in [3.8, 4) is 0 Å². The molecular weight excluding hydrogens is 236 g/mol. The third kappa shape index (κ3) is 2.98. The average molecular weight is 260 g/mol. The molecule has 19 heavy (non-hydrogen) atoms. The van der Waals surface area contributed by atoms with E-state index in [4.69, 9.17) is 0 Å². The van der Waals surface area contributed by atoms with E-state index in [0.717, 1.165) is 18.7 Å². The summed E-state index contributed by atoms with van der Waals surface area (Å²) >= 11 is 0. The fourth-order valence-electron chi connectivity index (χ4n) is 2.72. The molecule has 0 aromatic heterocycles. The third-order valence-corrected chi connectivity index (χ3v) is 4.35. The molecule has 2 rings (SSSR count). The lowest BCUT2D eigenvalue weighted by atomic mass is 10.0. The van der Waals surface area contributed by atoms with E-state index in [1.165, 1.54) is 23.1 Å². The molecule has 0 radical (unpaired) electrons. The summed E-state index contributed by atoms with van der Waals surface area (Å²) in [6, 6.07) is 4.51. The molecule has 1 atom stereocenters. The number of amides is 1. The monoisotopic (exact) mass is 260 g/mol. The molecule has 1 N–H and O–H groups in total. The number of carbonyl (C=O) groups is 1. The molecule has 1 aromatic rings. The molecule has 104 valence electrons. The Balaban J connectivity index is 2.12. The highest BCUT2D eigenvalue weighted by atomic mass is 16.2. The van der Waals surface area contributed by atoms with Crippen molar-refractivity contribution in [3.05, 3.63) is 28.8 Å². The predicted octanol–water partition coefficient (Wildman–Crippen LogP) is 2.72. The quantitative estimate of drug-likeness (QED) is 0.906. The van der Waals surface area contributed by atoms with Gasteiger partial charge in [-0.05, 0) is 62.9 Å². The number of nitrogens with zero attached hydrogens (tertiary/aromatic N) is 1. The zero-order valence-corrected chi connectivity index (χ0v) is 12.4. The number of carbonyl (C=O) groups excluding carboxylic acids is 1. The fraction of sp³-hybridized carbons (Fsp3) is 0.562. The van der Waals surface area contributed by atoms with Crippen LogP contribution in [0.25, 0.3) is 0 Å². The van der Waals surface area contributed by atoms with Crippen LogP contribution in [-0.4, -0.2) is 25.5 Å². The lowest BCUT2D eigenvalue weighted by Gasteiger charge is -2.23. The summed E-state index contributed by atoms with van der Waals surface area (Å²) < 4.78 is 0. The first kappa shape index (κ1) is 14.1. The molecule has 0 aliphatic carbocycles. The van der Waals surface area contributed by atoms with Crippen molar-refractivity contribution in [2.75, 3.05) is 18.5 Å². The van der Waals surface area contributed by atoms with Gasteiger partial charge in [-0.15, -0.1) is 0 Å². The van der Waals surface area contributed by atoms with Crippen LogP contribution in [0, 0.1) is 20.8 Å². The summed E-state index contributed by atoms with van der Waals surface area (Å²) in [5.74, 6) is 0.200. The van der Waals surface area contributed by atoms with Crippen LogP contribution >= 0.6 is 0 Å². The van der Waals surface area contributed by atoms with E-state index in [1.54, 1.807) is 0 Å². The summed E-state index contributed by atoms with van der Waals surface area (Å²) in [6.07, 6.45) is 2.90. The van der Waals surface area contributed by atoms with Gasteiger partial charge in [-0.1, -0.05) is 6.07 Å². The van der Waals surface area contributed by atoms with Crippen LogP contribution in [0.5, 0.6) is 0 Å². The van der Waals surface area contributed by atoms with E-state index in [0.29, 0.717) is 12.5 Å². The number of benzene rings is 1. The molecule has 1 aromatic carbocycles. The Morgan fingerprint density at radius 2 is 2.05 bits per heavy atom. The minimum Gasteiger partial charge on any atom is -0.315 e. The van der Waals surface area contributed by atoms with Crippen molar-refractivity contribution in [3.63, 3.8) is 0 Å². The maximum absolute atomic E-state index is 12.3. The summed E-state index contributed by atoms with van der Waals surface area (Å²) in [6.45, 7) is 7.36. The van der Waals surface area contributed by atoms with Crippen molar-refractivity contribution in [2.24, 2.45) is 0 Å². The topological polar surface area (TPSA) is 32.3 Å². The van der Waals surface area contributed by atoms with E-state index in [9.17, 15) is 4.79 Å². The molecule has 1 saturated heterocycles. The number of anilines is 1. The first-order chi connectivity index (χ1) is 9.00. The molecule has 1 aliphatic rings. The van der Waals surface area contributed by atoms with Gasteiger partial charge in [-0.2, -0.15) is 0 Å². The average Bonchev–Trinajstić information content (AvgIpc) is 2.88. The van der Waals surface area contributed by atoms with Crippen LogP contribution in [0.15, 0.2) is 12.1 Å². The Morgan fingerprint density at radius 3 is 2.68 bits per heavy atom. The van der Waals surface area contributed by atoms with Crippen LogP contribution in [-0.2, 0) is 4.79 Å². The number of hydrogen-bond acceptors (Lipinski definition) is 2. The normalized spacial score (nSPS) is 18.6. The van der Waals surface area contributed by atoms with Gasteiger partial charge in [0.2, 0.25) is 5.91 Å². The van der Waals surface area contributed by atoms with Gasteiger partial charge in [0.05, 0.1) is 0 Å². The maximum Gasteiger partial charge on any atom is 0.228 e. The number of aryl methyl sites for hydroxylation is 1. The highest BCUT2D eigenvalue weighted by Gasteiger charge is 2.21. The van der Waals surface area contributed by atoms with Crippen LogP contribution in [0.2, 0.25) is 0 Å². The van der Waals surface area contributed by atoms with Crippen molar-refractivity contribution in [1.82, 2.24) is 5.32 Å². The molecule has 1 aliphatic heterocycles. The van der Waals surface area contributed by atoms with E-state index < -0.39 is 0 Å². The van der Waals surface area contributed by atoms with Gasteiger partial charge in [0, 0.05) is 25.2 Å². The second kappa shape index (κ2) is 5.74. The van der Waals surface area contributed by atoms with E-state index >= 15 is 0 Å². The van der Waals surface area contributed by atoms with Gasteiger partial charge in [0.1, 0.15) is 0 Å². The summed E-state index contributed by atoms with van der Waals surface area (Å²) in [5, 5.41) is 3.38. The van der Waals surface area contributed by atoms with Crippen molar-refractivity contribution >= 4 is 11.6 Å². The highest BCUT2D eigenvalue weighted by Crippen LogP contribution is 2.25. The molecule has 1 fully saturated rings. The van der Waals surface area contributed by atoms with Gasteiger partial charge in [-0.25, -0.2) is 0 Å². The lowest BCUT2D eigenvalue weighted by Crippen LogP contribution is -2.33. The van der Waals surface area contributed by atoms with Gasteiger partial charge in [0.25, 0.3) is 0 Å². The van der Waals surface area contributed by atoms with Crippen LogP contribution in [0.4, 0.5) is 5.69 Å². The van der Waals surface area contributed by atoms with Gasteiger partial charge < -0.3 is 10.2 Å². The second-order valence-electron chi connectivity index (χ2n) is 5.60. The SMILES string of the molecule is Cc1ccc(N(C)C(=O)CC2CCCN2)c(C)c1C. The molecule has 1 amide bonds. The van der Waals surface area contributed by atoms with E-state index in [-0.39, 0.29) is 5.91 Å². The number of hydrogen-bond donors (Lipinski definition) is 1. The predicted molar refractivity (Wildman–Crippen MR) is 79.7 cm³/mol. The van der Waals surface area contributed by atoms with Gasteiger partial charge >= 0.3 is 0 Å². The molecular formula is C16H24N2O. The van der Waals surface area contributed by atoms with Crippen molar-refractivity contribution in [1.29, 1.82) is 0 Å². The van der Waals surface area contributed by atoms with Crippen molar-refractivity contribution < 1.29 is 4.79 Å². The minimum absolute atomic E-state index is 0.200. The van der Waals surface area contributed by atoms with Gasteiger partial charge in [0.15, 0.2) is 0 Å². The zero-order chi connectivity index (χ0) is 14.0. The minimum atomic E-state index is 0.200. The van der Waals surface area contributed by atoms with Crippen LogP contribution in [0.1, 0.15) is 36.0 Å². The largest absolute Gasteiger partial charge is 0.315 e. The molecule has 0 spiro atoms. The summed E-state index contributed by atoms with van der Waals surface area (Å²) in [5.41, 5.74) is 4.79. The van der Waals surface area contributed by atoms with E-state index in [1.807, 2.05) is 11.9 Å². The molecule has 1 heterocycles. The second-order valence-corrected chi connectivity index (χ2v) is 5.60. The molecule has 3 heteroatoms.